The number of rotatable bonds is 5. The van der Waals surface area contributed by atoms with E-state index in [4.69, 9.17) is 40.2 Å². The van der Waals surface area contributed by atoms with Crippen LogP contribution in [-0.4, -0.2) is 10.2 Å². The smallest absolute Gasteiger partial charge is 0.270 e. The fourth-order valence-electron chi connectivity index (χ4n) is 3.00. The van der Waals surface area contributed by atoms with Gasteiger partial charge >= 0.3 is 0 Å². The number of thiocarbonyl (C=S) groups is 1. The molecule has 0 saturated carbocycles. The van der Waals surface area contributed by atoms with Gasteiger partial charge in [0, 0.05) is 15.6 Å². The summed E-state index contributed by atoms with van der Waals surface area (Å²) in [7, 11) is 0. The second-order valence-electron chi connectivity index (χ2n) is 6.69. The normalized spacial score (nSPS) is 15.0. The molecule has 3 aromatic carbocycles. The molecule has 0 N–H and O–H groups in total. The maximum Gasteiger partial charge on any atom is 0.270 e. The number of carbonyl (C=O) groups is 1. The Labute approximate surface area is 222 Å². The van der Waals surface area contributed by atoms with Crippen LogP contribution in [0.4, 0.5) is 5.69 Å². The third kappa shape index (κ3) is 5.24. The zero-order chi connectivity index (χ0) is 22.8. The molecule has 1 aliphatic heterocycles. The molecular formula is C23H13Br2Cl2NO2S2. The summed E-state index contributed by atoms with van der Waals surface area (Å²) < 4.78 is 7.94. The van der Waals surface area contributed by atoms with Gasteiger partial charge in [-0.05, 0) is 86.0 Å². The maximum absolute atomic E-state index is 13.0. The zero-order valence-corrected chi connectivity index (χ0v) is 22.5. The van der Waals surface area contributed by atoms with E-state index in [1.54, 1.807) is 24.3 Å². The highest BCUT2D eigenvalue weighted by molar-refractivity contribution is 9.11. The van der Waals surface area contributed by atoms with Crippen LogP contribution in [0.25, 0.3) is 6.08 Å². The molecule has 32 heavy (non-hydrogen) atoms. The van der Waals surface area contributed by atoms with Crippen molar-refractivity contribution in [1.82, 2.24) is 0 Å². The number of carbonyl (C=O) groups excluding carboxylic acids is 1. The third-order valence-electron chi connectivity index (χ3n) is 4.53. The molecule has 0 spiro atoms. The Bertz CT molecular complexity index is 1230. The molecule has 0 radical (unpaired) electrons. The summed E-state index contributed by atoms with van der Waals surface area (Å²) >= 11 is 26.0. The first-order chi connectivity index (χ1) is 15.3. The molecule has 3 nitrogen and oxygen atoms in total. The number of nitrogens with zero attached hydrogens (tertiary/aromatic N) is 1. The maximum atomic E-state index is 13.0. The Balaban J connectivity index is 1.55. The minimum atomic E-state index is -0.173. The molecule has 1 saturated heterocycles. The van der Waals surface area contributed by atoms with Gasteiger partial charge in [-0.3, -0.25) is 9.69 Å². The van der Waals surface area contributed by atoms with Crippen molar-refractivity contribution in [1.29, 1.82) is 0 Å². The summed E-state index contributed by atoms with van der Waals surface area (Å²) in [6.07, 6.45) is 1.81. The van der Waals surface area contributed by atoms with E-state index in [1.807, 2.05) is 42.5 Å². The van der Waals surface area contributed by atoms with Gasteiger partial charge in [0.2, 0.25) is 0 Å². The standard InChI is InChI=1S/C23H13Br2Cl2NO2S2/c24-17-9-13(10-18(25)21(17)30-12-14-3-1-2-4-19(14)27)11-20-22(29)28(23(31)32-20)16-7-5-15(26)6-8-16/h1-11H,12H2. The first kappa shape index (κ1) is 23.8. The Morgan fingerprint density at radius 3 is 2.34 bits per heavy atom. The van der Waals surface area contributed by atoms with Crippen LogP contribution >= 0.6 is 79.0 Å². The number of hydrogen-bond donors (Lipinski definition) is 0. The number of thioether (sulfide) groups is 1. The first-order valence-corrected chi connectivity index (χ1v) is 12.8. The van der Waals surface area contributed by atoms with E-state index in [0.717, 1.165) is 20.1 Å². The molecule has 0 bridgehead atoms. The molecule has 1 aliphatic rings. The number of halogens is 4. The average Bonchev–Trinajstić information content (AvgIpc) is 3.02. The molecule has 1 amide bonds. The van der Waals surface area contributed by atoms with Crippen LogP contribution in [0.3, 0.4) is 0 Å². The molecule has 1 heterocycles. The number of benzene rings is 3. The molecule has 3 aromatic rings. The summed E-state index contributed by atoms with van der Waals surface area (Å²) in [5.41, 5.74) is 2.40. The quantitative estimate of drug-likeness (QED) is 0.209. The molecular weight excluding hydrogens is 617 g/mol. The third-order valence-corrected chi connectivity index (χ3v) is 7.63. The second kappa shape index (κ2) is 10.3. The molecule has 0 unspecified atom stereocenters. The van der Waals surface area contributed by atoms with Crippen molar-refractivity contribution < 1.29 is 9.53 Å². The zero-order valence-electron chi connectivity index (χ0n) is 16.2. The summed E-state index contributed by atoms with van der Waals surface area (Å²) in [5.74, 6) is 0.476. The minimum absolute atomic E-state index is 0.173. The SMILES string of the molecule is O=C1C(=Cc2cc(Br)c(OCc3ccccc3Cl)c(Br)c2)SC(=S)N1c1ccc(Cl)cc1. The molecule has 0 atom stereocenters. The Morgan fingerprint density at radius 2 is 1.69 bits per heavy atom. The minimum Gasteiger partial charge on any atom is -0.486 e. The van der Waals surface area contributed by atoms with Gasteiger partial charge in [0.1, 0.15) is 12.4 Å². The monoisotopic (exact) mass is 627 g/mol. The van der Waals surface area contributed by atoms with Crippen molar-refractivity contribution in [2.75, 3.05) is 4.90 Å². The Morgan fingerprint density at radius 1 is 1.03 bits per heavy atom. The van der Waals surface area contributed by atoms with E-state index >= 15 is 0 Å². The van der Waals surface area contributed by atoms with Crippen molar-refractivity contribution in [2.24, 2.45) is 0 Å². The van der Waals surface area contributed by atoms with Crippen LogP contribution < -0.4 is 9.64 Å². The fraction of sp³-hybridized carbons (Fsp3) is 0.0435. The molecule has 0 aliphatic carbocycles. The van der Waals surface area contributed by atoms with E-state index in [9.17, 15) is 4.79 Å². The van der Waals surface area contributed by atoms with Crippen molar-refractivity contribution in [3.63, 3.8) is 0 Å². The van der Waals surface area contributed by atoms with Crippen LogP contribution in [0, 0.1) is 0 Å². The van der Waals surface area contributed by atoms with Gasteiger partial charge in [0.25, 0.3) is 5.91 Å². The first-order valence-electron chi connectivity index (χ1n) is 9.22. The lowest BCUT2D eigenvalue weighted by atomic mass is 10.2. The van der Waals surface area contributed by atoms with E-state index in [0.29, 0.717) is 37.3 Å². The van der Waals surface area contributed by atoms with Crippen LogP contribution in [-0.2, 0) is 11.4 Å². The predicted molar refractivity (Wildman–Crippen MR) is 145 cm³/mol. The molecule has 1 fully saturated rings. The van der Waals surface area contributed by atoms with Gasteiger partial charge < -0.3 is 4.74 Å². The average molecular weight is 630 g/mol. The molecule has 9 heteroatoms. The topological polar surface area (TPSA) is 29.5 Å². The molecule has 162 valence electrons. The molecule has 4 rings (SSSR count). The lowest BCUT2D eigenvalue weighted by Gasteiger charge is -2.14. The highest BCUT2D eigenvalue weighted by atomic mass is 79.9. The van der Waals surface area contributed by atoms with Gasteiger partial charge in [-0.2, -0.15) is 0 Å². The fourth-order valence-corrected chi connectivity index (χ4v) is 6.06. The number of anilines is 1. The van der Waals surface area contributed by atoms with Crippen LogP contribution in [0.15, 0.2) is 74.5 Å². The van der Waals surface area contributed by atoms with Crippen LogP contribution in [0.5, 0.6) is 5.75 Å². The lowest BCUT2D eigenvalue weighted by molar-refractivity contribution is -0.113. The number of ether oxygens (including phenoxy) is 1. The summed E-state index contributed by atoms with van der Waals surface area (Å²) in [5, 5.41) is 1.25. The lowest BCUT2D eigenvalue weighted by Crippen LogP contribution is -2.27. The molecule has 0 aromatic heterocycles. The summed E-state index contributed by atoms with van der Waals surface area (Å²) in [6, 6.07) is 18.3. The van der Waals surface area contributed by atoms with E-state index in [-0.39, 0.29) is 5.91 Å². The van der Waals surface area contributed by atoms with Gasteiger partial charge in [-0.1, -0.05) is 65.4 Å². The van der Waals surface area contributed by atoms with Gasteiger partial charge in [-0.15, -0.1) is 0 Å². The van der Waals surface area contributed by atoms with Crippen molar-refractivity contribution in [3.05, 3.63) is 95.7 Å². The van der Waals surface area contributed by atoms with Crippen molar-refractivity contribution in [2.45, 2.75) is 6.61 Å². The van der Waals surface area contributed by atoms with Crippen LogP contribution in [0.1, 0.15) is 11.1 Å². The largest absolute Gasteiger partial charge is 0.486 e. The highest BCUT2D eigenvalue weighted by Crippen LogP contribution is 2.39. The van der Waals surface area contributed by atoms with E-state index in [1.165, 1.54) is 16.7 Å². The summed E-state index contributed by atoms with van der Waals surface area (Å²) in [6.45, 7) is 0.329. The van der Waals surface area contributed by atoms with Crippen molar-refractivity contribution in [3.8, 4) is 5.75 Å². The van der Waals surface area contributed by atoms with E-state index in [2.05, 4.69) is 31.9 Å². The second-order valence-corrected chi connectivity index (χ2v) is 10.9. The summed E-state index contributed by atoms with van der Waals surface area (Å²) in [4.78, 5) is 15.0. The van der Waals surface area contributed by atoms with Gasteiger partial charge in [0.15, 0.2) is 4.32 Å². The van der Waals surface area contributed by atoms with Crippen LogP contribution in [0.2, 0.25) is 10.0 Å². The van der Waals surface area contributed by atoms with Crippen molar-refractivity contribution >= 4 is 101 Å². The van der Waals surface area contributed by atoms with E-state index < -0.39 is 0 Å². The Hall–Kier alpha value is -1.35. The predicted octanol–water partition coefficient (Wildman–Crippen LogP) is 8.50. The number of amides is 1. The number of hydrogen-bond acceptors (Lipinski definition) is 4. The van der Waals surface area contributed by atoms with Gasteiger partial charge in [0.05, 0.1) is 19.5 Å². The highest BCUT2D eigenvalue weighted by Gasteiger charge is 2.33. The van der Waals surface area contributed by atoms with Gasteiger partial charge in [-0.25, -0.2) is 0 Å². The Kier molecular flexibility index (Phi) is 7.65.